The van der Waals surface area contributed by atoms with E-state index in [-0.39, 0.29) is 0 Å². The third kappa shape index (κ3) is 9.31. The van der Waals surface area contributed by atoms with Gasteiger partial charge in [0, 0.05) is 62.8 Å². The van der Waals surface area contributed by atoms with Crippen LogP contribution in [0.15, 0.2) is 151 Å². The zero-order valence-electron chi connectivity index (χ0n) is 46.6. The van der Waals surface area contributed by atoms with Crippen LogP contribution in [0.4, 0.5) is 0 Å². The minimum Gasteiger partial charge on any atom is -0.0809 e. The van der Waals surface area contributed by atoms with Crippen molar-refractivity contribution in [3.63, 3.8) is 0 Å². The van der Waals surface area contributed by atoms with Crippen LogP contribution in [0.25, 0.3) is 50.1 Å². The lowest BCUT2D eigenvalue weighted by atomic mass is 9.83. The van der Waals surface area contributed by atoms with Gasteiger partial charge in [-0.05, 0) is 197 Å². The minimum absolute atomic E-state index is 1.12. The monoisotopic (exact) mass is 1130 g/mol. The van der Waals surface area contributed by atoms with Gasteiger partial charge in [-0.1, -0.05) is 223 Å². The summed E-state index contributed by atoms with van der Waals surface area (Å²) in [6.07, 6.45) is 21.2. The van der Waals surface area contributed by atoms with E-state index >= 15 is 0 Å². The Kier molecular flexibility index (Phi) is 15.7. The van der Waals surface area contributed by atoms with E-state index in [0.29, 0.717) is 0 Å². The second-order valence-electron chi connectivity index (χ2n) is 22.3. The van der Waals surface area contributed by atoms with Crippen molar-refractivity contribution < 1.29 is 0 Å². The van der Waals surface area contributed by atoms with E-state index in [1.807, 2.05) is 70.6 Å². The van der Waals surface area contributed by atoms with Crippen LogP contribution in [0, 0.1) is 0 Å². The van der Waals surface area contributed by atoms with Crippen molar-refractivity contribution in [2.24, 2.45) is 0 Å². The van der Waals surface area contributed by atoms with E-state index < -0.39 is 0 Å². The van der Waals surface area contributed by atoms with Crippen LogP contribution in [0.1, 0.15) is 185 Å². The van der Waals surface area contributed by atoms with Crippen LogP contribution < -0.4 is 0 Å². The van der Waals surface area contributed by atoms with Crippen LogP contribution in [-0.4, -0.2) is 0 Å². The summed E-state index contributed by atoms with van der Waals surface area (Å²) in [7, 11) is 0. The Morgan fingerprint density at radius 1 is 0.244 bits per heavy atom. The summed E-state index contributed by atoms with van der Waals surface area (Å²) >= 11 is 12.2. The molecule has 0 nitrogen and oxygen atoms in total. The van der Waals surface area contributed by atoms with Crippen molar-refractivity contribution >= 4 is 87.3 Å². The number of fused-ring (bicyclic) bond motifs is 15. The molecule has 0 saturated carbocycles. The Labute approximate surface area is 491 Å². The Morgan fingerprint density at radius 2 is 0.436 bits per heavy atom. The summed E-state index contributed by atoms with van der Waals surface area (Å²) < 4.78 is 4.32. The normalized spacial score (nSPS) is 15.0. The number of thioether (sulfide) groups is 6. The van der Waals surface area contributed by atoms with E-state index in [0.717, 1.165) is 38.5 Å². The molecule has 13 rings (SSSR count). The number of rotatable bonds is 18. The van der Waals surface area contributed by atoms with Gasteiger partial charge < -0.3 is 0 Å². The van der Waals surface area contributed by atoms with Crippen LogP contribution in [0.3, 0.4) is 0 Å². The Bertz CT molecular complexity index is 3180. The quantitative estimate of drug-likeness (QED) is 0.0834. The number of hydrogen-bond acceptors (Lipinski definition) is 6. The number of aryl methyl sites for hydroxylation is 6. The summed E-state index contributed by atoms with van der Waals surface area (Å²) in [6.45, 7) is 14.2. The number of benzene rings is 7. The molecule has 0 saturated heterocycles. The van der Waals surface area contributed by atoms with Crippen molar-refractivity contribution in [1.29, 1.82) is 0 Å². The molecule has 0 amide bonds. The highest BCUT2D eigenvalue weighted by Gasteiger charge is 2.47. The fourth-order valence-electron chi connectivity index (χ4n) is 13.1. The molecule has 0 fully saturated rings. The van der Waals surface area contributed by atoms with Crippen LogP contribution >= 0.6 is 70.6 Å². The second-order valence-corrected chi connectivity index (χ2v) is 29.4. The Morgan fingerprint density at radius 3 is 0.628 bits per heavy atom. The van der Waals surface area contributed by atoms with Crippen LogP contribution in [0.5, 0.6) is 0 Å². The molecular weight excluding hydrogens is 1060 g/mol. The molecule has 0 atom stereocenters. The highest BCUT2D eigenvalue weighted by molar-refractivity contribution is 8.25. The molecule has 7 aromatic rings. The predicted octanol–water partition coefficient (Wildman–Crippen LogP) is 23.5. The predicted molar refractivity (Wildman–Crippen MR) is 347 cm³/mol. The third-order valence-electron chi connectivity index (χ3n) is 17.1. The van der Waals surface area contributed by atoms with Gasteiger partial charge >= 0.3 is 0 Å². The molecule has 6 heteroatoms. The second kappa shape index (κ2) is 23.0. The molecule has 396 valence electrons. The third-order valence-corrected chi connectivity index (χ3v) is 24.7. The molecule has 0 bridgehead atoms. The van der Waals surface area contributed by atoms with Gasteiger partial charge in [-0.25, -0.2) is 0 Å². The van der Waals surface area contributed by atoms with Crippen molar-refractivity contribution in [2.45, 2.75) is 186 Å². The minimum atomic E-state index is 1.12. The maximum Gasteiger partial charge on any atom is 0.0584 e. The first kappa shape index (κ1) is 53.2. The molecule has 0 N–H and O–H groups in total. The van der Waals surface area contributed by atoms with E-state index in [1.54, 1.807) is 33.4 Å². The highest BCUT2D eigenvalue weighted by Crippen LogP contribution is 2.71. The highest BCUT2D eigenvalue weighted by atomic mass is 32.2. The Hall–Kier alpha value is -4.14. The maximum atomic E-state index is 2.76. The molecule has 3 aliphatic heterocycles. The largest absolute Gasteiger partial charge is 0.0809 e. The number of unbranched alkanes of at least 4 members (excludes halogenated alkanes) is 6. The summed E-state index contributed by atoms with van der Waals surface area (Å²) in [5.41, 5.74) is 31.6. The number of hydrogen-bond donors (Lipinski definition) is 0. The van der Waals surface area contributed by atoms with Crippen molar-refractivity contribution in [2.75, 3.05) is 0 Å². The average Bonchev–Trinajstić information content (AvgIpc) is 3.33. The molecule has 7 aromatic carbocycles. The van der Waals surface area contributed by atoms with Gasteiger partial charge in [-0.15, -0.1) is 0 Å². The topological polar surface area (TPSA) is 0 Å². The summed E-state index contributed by atoms with van der Waals surface area (Å²) in [4.78, 5) is 8.31. The first-order valence-electron chi connectivity index (χ1n) is 29.8. The summed E-state index contributed by atoms with van der Waals surface area (Å²) in [5.74, 6) is 0. The fraction of sp³-hybridized carbons (Fsp3) is 0.333. The smallest absolute Gasteiger partial charge is 0.0584 e. The molecule has 0 unspecified atom stereocenters. The van der Waals surface area contributed by atoms with Crippen LogP contribution in [0.2, 0.25) is 0 Å². The molecule has 0 spiro atoms. The van der Waals surface area contributed by atoms with E-state index in [1.165, 1.54) is 203 Å². The van der Waals surface area contributed by atoms with Gasteiger partial charge in [-0.2, -0.15) is 0 Å². The van der Waals surface area contributed by atoms with E-state index in [4.69, 9.17) is 0 Å². The zero-order valence-corrected chi connectivity index (χ0v) is 51.5. The summed E-state index contributed by atoms with van der Waals surface area (Å²) in [5, 5.41) is 0. The molecule has 6 aliphatic rings. The standard InChI is InChI=1S/C72H72S6/c1-7-13-25-43-37-49-52(40-46(43)28-16-10-4)64(70-73-55-31-19-20-32-56(55)74-70)67-61(49)68-63(50-38-44(26-14-8-2)47(29-17-11-5)41-53(50)65(68)71-75-57-33-21-22-34-58(57)76-71)69-62(67)51-39-45(27-15-9-3)48(30-18-12-6)42-54(51)66(69)72-77-59-35-23-24-36-60(59)78-72/h19-24,31-42H,7-18,25-30H2,1-6H3. The molecule has 0 aromatic heterocycles. The van der Waals surface area contributed by atoms with Gasteiger partial charge in [0.2, 0.25) is 0 Å². The van der Waals surface area contributed by atoms with E-state index in [9.17, 15) is 0 Å². The lowest BCUT2D eigenvalue weighted by Gasteiger charge is -2.20. The van der Waals surface area contributed by atoms with Gasteiger partial charge in [0.15, 0.2) is 0 Å². The lowest BCUT2D eigenvalue weighted by Crippen LogP contribution is -1.99. The molecule has 0 radical (unpaired) electrons. The SMILES string of the molecule is CCCCc1cc2c(cc1CCCC)-c1c(c3c(c4c1C(=C1Sc5ccccc5S1)c1cc(CCCC)c(CCCC)cc1-4)C(=C1Sc4ccccc4S1)c1cc(CCCC)c(CCCC)cc1-3)C2=C1Sc2ccccc2S1. The maximum absolute atomic E-state index is 2.76. The fourth-order valence-corrected chi connectivity index (χ4v) is 20.9. The van der Waals surface area contributed by atoms with Gasteiger partial charge in [0.1, 0.15) is 0 Å². The van der Waals surface area contributed by atoms with E-state index in [2.05, 4.69) is 151 Å². The van der Waals surface area contributed by atoms with Crippen molar-refractivity contribution in [3.8, 4) is 33.4 Å². The molecule has 3 aliphatic carbocycles. The van der Waals surface area contributed by atoms with Gasteiger partial charge in [0.25, 0.3) is 0 Å². The average molecular weight is 1130 g/mol. The zero-order chi connectivity index (χ0) is 53.0. The van der Waals surface area contributed by atoms with Crippen molar-refractivity contribution in [3.05, 3.63) is 189 Å². The molecule has 78 heavy (non-hydrogen) atoms. The van der Waals surface area contributed by atoms with Crippen molar-refractivity contribution in [1.82, 2.24) is 0 Å². The first-order chi connectivity index (χ1) is 38.4. The van der Waals surface area contributed by atoms with Crippen LogP contribution in [-0.2, 0) is 38.5 Å². The summed E-state index contributed by atoms with van der Waals surface area (Å²) in [6, 6.07) is 44.2. The van der Waals surface area contributed by atoms with Gasteiger partial charge in [-0.3, -0.25) is 0 Å². The molecule has 3 heterocycles. The van der Waals surface area contributed by atoms with Gasteiger partial charge in [0.05, 0.1) is 12.7 Å². The lowest BCUT2D eigenvalue weighted by molar-refractivity contribution is 0.758. The Balaban J connectivity index is 1.24. The molecular formula is C72H72S6. The first-order valence-corrected chi connectivity index (χ1v) is 34.7.